The molecule has 1 unspecified atom stereocenters. The van der Waals surface area contributed by atoms with Crippen LogP contribution in [0.25, 0.3) is 0 Å². The summed E-state index contributed by atoms with van der Waals surface area (Å²) >= 11 is 5.51. The van der Waals surface area contributed by atoms with Crippen LogP contribution >= 0.6 is 27.3 Å². The van der Waals surface area contributed by atoms with E-state index in [2.05, 4.69) is 85.3 Å². The summed E-state index contributed by atoms with van der Waals surface area (Å²) in [7, 11) is 0. The normalized spacial score (nSPS) is 13.4. The number of nitrogens with one attached hydrogen (secondary N) is 1. The molecular formula is C18H24BrNS. The molecule has 3 heteroatoms. The van der Waals surface area contributed by atoms with Crippen LogP contribution in [0.2, 0.25) is 0 Å². The summed E-state index contributed by atoms with van der Waals surface area (Å²) in [6.45, 7) is 10.1. The Morgan fingerprint density at radius 2 is 1.95 bits per heavy atom. The zero-order valence-electron chi connectivity index (χ0n) is 13.2. The lowest BCUT2D eigenvalue weighted by molar-refractivity contribution is 0.603. The molecule has 1 atom stereocenters. The largest absolute Gasteiger partial charge is 0.306 e. The highest BCUT2D eigenvalue weighted by atomic mass is 79.9. The standard InChI is InChI=1S/C18H24BrNS/c1-5-11-20-17(13-7-6-8-14(19)12-13)15-9-10-16(21-15)18(2,3)4/h6-10,12,17,20H,5,11H2,1-4H3. The minimum Gasteiger partial charge on any atom is -0.306 e. The minimum atomic E-state index is 0.218. The Bertz CT molecular complexity index is 583. The van der Waals surface area contributed by atoms with Crippen LogP contribution in [0.3, 0.4) is 0 Å². The Hall–Kier alpha value is -0.640. The van der Waals surface area contributed by atoms with E-state index in [0.717, 1.165) is 17.4 Å². The van der Waals surface area contributed by atoms with Gasteiger partial charge in [-0.2, -0.15) is 0 Å². The molecule has 2 rings (SSSR count). The Morgan fingerprint density at radius 1 is 1.19 bits per heavy atom. The van der Waals surface area contributed by atoms with E-state index in [-0.39, 0.29) is 11.5 Å². The van der Waals surface area contributed by atoms with E-state index >= 15 is 0 Å². The molecule has 0 aliphatic carbocycles. The fourth-order valence-corrected chi connectivity index (χ4v) is 3.86. The zero-order chi connectivity index (χ0) is 15.5. The molecule has 0 amide bonds. The first kappa shape index (κ1) is 16.7. The second kappa shape index (κ2) is 7.08. The second-order valence-corrected chi connectivity index (χ2v) is 8.43. The van der Waals surface area contributed by atoms with Crippen molar-refractivity contribution in [3.8, 4) is 0 Å². The van der Waals surface area contributed by atoms with Crippen molar-refractivity contribution in [2.75, 3.05) is 6.54 Å². The van der Waals surface area contributed by atoms with E-state index < -0.39 is 0 Å². The van der Waals surface area contributed by atoms with Crippen molar-refractivity contribution in [2.24, 2.45) is 0 Å². The molecule has 1 aromatic heterocycles. The summed E-state index contributed by atoms with van der Waals surface area (Å²) in [6.07, 6.45) is 1.14. The fourth-order valence-electron chi connectivity index (χ4n) is 2.27. The maximum Gasteiger partial charge on any atom is 0.0671 e. The molecule has 1 heterocycles. The molecule has 0 saturated heterocycles. The highest BCUT2D eigenvalue weighted by Gasteiger charge is 2.20. The molecule has 114 valence electrons. The van der Waals surface area contributed by atoms with Gasteiger partial charge in [-0.15, -0.1) is 11.3 Å². The van der Waals surface area contributed by atoms with Crippen LogP contribution in [0.15, 0.2) is 40.9 Å². The number of hydrogen-bond donors (Lipinski definition) is 1. The molecule has 0 aliphatic rings. The molecule has 0 spiro atoms. The lowest BCUT2D eigenvalue weighted by Gasteiger charge is -2.19. The van der Waals surface area contributed by atoms with Crippen LogP contribution in [0.5, 0.6) is 0 Å². The summed E-state index contributed by atoms with van der Waals surface area (Å²) < 4.78 is 1.14. The van der Waals surface area contributed by atoms with E-state index in [1.54, 1.807) is 0 Å². The third-order valence-electron chi connectivity index (χ3n) is 3.43. The van der Waals surface area contributed by atoms with Gasteiger partial charge in [0, 0.05) is 14.2 Å². The molecule has 1 aromatic carbocycles. The van der Waals surface area contributed by atoms with Crippen molar-refractivity contribution < 1.29 is 0 Å². The molecule has 21 heavy (non-hydrogen) atoms. The van der Waals surface area contributed by atoms with Crippen LogP contribution in [0, 0.1) is 0 Å². The fraction of sp³-hybridized carbons (Fsp3) is 0.444. The Labute approximate surface area is 140 Å². The smallest absolute Gasteiger partial charge is 0.0671 e. The highest BCUT2D eigenvalue weighted by Crippen LogP contribution is 2.35. The lowest BCUT2D eigenvalue weighted by Crippen LogP contribution is -2.22. The number of rotatable bonds is 5. The van der Waals surface area contributed by atoms with Gasteiger partial charge in [0.25, 0.3) is 0 Å². The van der Waals surface area contributed by atoms with Crippen molar-refractivity contribution in [2.45, 2.75) is 45.6 Å². The summed E-state index contributed by atoms with van der Waals surface area (Å²) in [5, 5.41) is 3.68. The van der Waals surface area contributed by atoms with Gasteiger partial charge in [-0.25, -0.2) is 0 Å². The third kappa shape index (κ3) is 4.41. The SMILES string of the molecule is CCCNC(c1cccc(Br)c1)c1ccc(C(C)(C)C)s1. The molecule has 0 radical (unpaired) electrons. The number of hydrogen-bond acceptors (Lipinski definition) is 2. The maximum absolute atomic E-state index is 3.68. The number of benzene rings is 1. The summed E-state index contributed by atoms with van der Waals surface area (Å²) in [4.78, 5) is 2.84. The van der Waals surface area contributed by atoms with E-state index in [0.29, 0.717) is 0 Å². The van der Waals surface area contributed by atoms with Crippen molar-refractivity contribution in [1.29, 1.82) is 0 Å². The lowest BCUT2D eigenvalue weighted by atomic mass is 9.95. The predicted octanol–water partition coefficient (Wildman–Crippen LogP) is 5.90. The molecule has 0 bridgehead atoms. The Kier molecular flexibility index (Phi) is 5.64. The summed E-state index contributed by atoms with van der Waals surface area (Å²) in [5.41, 5.74) is 1.54. The van der Waals surface area contributed by atoms with Crippen molar-refractivity contribution >= 4 is 27.3 Å². The van der Waals surface area contributed by atoms with E-state index in [1.807, 2.05) is 11.3 Å². The van der Waals surface area contributed by atoms with Crippen LogP contribution < -0.4 is 5.32 Å². The van der Waals surface area contributed by atoms with Crippen LogP contribution in [-0.2, 0) is 5.41 Å². The van der Waals surface area contributed by atoms with Crippen LogP contribution in [-0.4, -0.2) is 6.54 Å². The average Bonchev–Trinajstić information content (AvgIpc) is 2.89. The first-order valence-corrected chi connectivity index (χ1v) is 9.12. The van der Waals surface area contributed by atoms with Gasteiger partial charge in [-0.1, -0.05) is 55.8 Å². The topological polar surface area (TPSA) is 12.0 Å². The van der Waals surface area contributed by atoms with Crippen molar-refractivity contribution in [1.82, 2.24) is 5.32 Å². The van der Waals surface area contributed by atoms with Crippen LogP contribution in [0.4, 0.5) is 0 Å². The van der Waals surface area contributed by atoms with Gasteiger partial charge in [-0.05, 0) is 48.2 Å². The third-order valence-corrected chi connectivity index (χ3v) is 5.50. The monoisotopic (exact) mass is 365 g/mol. The molecule has 2 aromatic rings. The van der Waals surface area contributed by atoms with Gasteiger partial charge < -0.3 is 5.32 Å². The minimum absolute atomic E-state index is 0.218. The zero-order valence-corrected chi connectivity index (χ0v) is 15.6. The van der Waals surface area contributed by atoms with Gasteiger partial charge in [0.2, 0.25) is 0 Å². The van der Waals surface area contributed by atoms with Gasteiger partial charge in [0.15, 0.2) is 0 Å². The second-order valence-electron chi connectivity index (χ2n) is 6.39. The van der Waals surface area contributed by atoms with E-state index in [9.17, 15) is 0 Å². The van der Waals surface area contributed by atoms with Gasteiger partial charge in [-0.3, -0.25) is 0 Å². The van der Waals surface area contributed by atoms with E-state index in [1.165, 1.54) is 15.3 Å². The quantitative estimate of drug-likeness (QED) is 0.695. The van der Waals surface area contributed by atoms with E-state index in [4.69, 9.17) is 0 Å². The molecule has 0 fully saturated rings. The van der Waals surface area contributed by atoms with Gasteiger partial charge in [0.1, 0.15) is 0 Å². The number of halogens is 1. The van der Waals surface area contributed by atoms with Crippen molar-refractivity contribution in [3.63, 3.8) is 0 Å². The summed E-state index contributed by atoms with van der Waals surface area (Å²) in [5.74, 6) is 0. The average molecular weight is 366 g/mol. The molecule has 1 N–H and O–H groups in total. The number of thiophene rings is 1. The first-order valence-electron chi connectivity index (χ1n) is 7.51. The summed E-state index contributed by atoms with van der Waals surface area (Å²) in [6, 6.07) is 13.4. The molecule has 0 aliphatic heterocycles. The molecular weight excluding hydrogens is 342 g/mol. The van der Waals surface area contributed by atoms with Crippen molar-refractivity contribution in [3.05, 3.63) is 56.2 Å². The van der Waals surface area contributed by atoms with Crippen LogP contribution in [0.1, 0.15) is 55.5 Å². The Morgan fingerprint density at radius 3 is 2.52 bits per heavy atom. The molecule has 1 nitrogen and oxygen atoms in total. The predicted molar refractivity (Wildman–Crippen MR) is 97.3 cm³/mol. The van der Waals surface area contributed by atoms with Gasteiger partial charge in [0.05, 0.1) is 6.04 Å². The Balaban J connectivity index is 2.34. The maximum atomic E-state index is 3.68. The first-order chi connectivity index (χ1) is 9.91. The molecule has 0 saturated carbocycles. The van der Waals surface area contributed by atoms with Gasteiger partial charge >= 0.3 is 0 Å². The highest BCUT2D eigenvalue weighted by molar-refractivity contribution is 9.10.